The second-order valence-corrected chi connectivity index (χ2v) is 8.12. The van der Waals surface area contributed by atoms with E-state index in [1.807, 2.05) is 29.2 Å². The number of nitrogens with zero attached hydrogens (tertiary/aromatic N) is 4. The van der Waals surface area contributed by atoms with Crippen LogP contribution in [0.25, 0.3) is 10.9 Å². The molecule has 8 heteroatoms. The molecule has 0 bridgehead atoms. The molecular formula is C24H26N4O4. The van der Waals surface area contributed by atoms with Crippen LogP contribution >= 0.6 is 0 Å². The number of ether oxygens (including phenoxy) is 2. The zero-order valence-corrected chi connectivity index (χ0v) is 18.1. The van der Waals surface area contributed by atoms with Gasteiger partial charge in [-0.2, -0.15) is 0 Å². The molecule has 0 N–H and O–H groups in total. The van der Waals surface area contributed by atoms with Gasteiger partial charge in [-0.15, -0.1) is 0 Å². The summed E-state index contributed by atoms with van der Waals surface area (Å²) in [5, 5.41) is 0.536. The van der Waals surface area contributed by atoms with E-state index in [1.54, 1.807) is 29.9 Å². The normalized spacial score (nSPS) is 15.7. The van der Waals surface area contributed by atoms with Gasteiger partial charge < -0.3 is 19.3 Å². The summed E-state index contributed by atoms with van der Waals surface area (Å²) in [6, 6.07) is 13.2. The van der Waals surface area contributed by atoms with Gasteiger partial charge in [0.15, 0.2) is 6.61 Å². The molecule has 1 saturated heterocycles. The molecule has 8 nitrogen and oxygen atoms in total. The minimum atomic E-state index is -0.0525. The lowest BCUT2D eigenvalue weighted by molar-refractivity contribution is -0.133. The Labute approximate surface area is 186 Å². The summed E-state index contributed by atoms with van der Waals surface area (Å²) >= 11 is 0. The Balaban J connectivity index is 1.19. The zero-order valence-electron chi connectivity index (χ0n) is 18.1. The first-order chi connectivity index (χ1) is 15.6. The molecule has 3 heterocycles. The molecule has 0 saturated carbocycles. The third-order valence-electron chi connectivity index (χ3n) is 6.22. The molecule has 0 radical (unpaired) electrons. The van der Waals surface area contributed by atoms with Gasteiger partial charge in [-0.25, -0.2) is 4.98 Å². The van der Waals surface area contributed by atoms with Gasteiger partial charge in [-0.1, -0.05) is 0 Å². The molecule has 1 fully saturated rings. The number of carbonyl (C=O) groups is 1. The Hall–Kier alpha value is -3.55. The van der Waals surface area contributed by atoms with Gasteiger partial charge in [-0.05, 0) is 48.9 Å². The van der Waals surface area contributed by atoms with E-state index in [4.69, 9.17) is 9.47 Å². The highest BCUT2D eigenvalue weighted by atomic mass is 16.5. The summed E-state index contributed by atoms with van der Waals surface area (Å²) in [5.41, 5.74) is 1.77. The molecule has 32 heavy (non-hydrogen) atoms. The fourth-order valence-electron chi connectivity index (χ4n) is 4.40. The van der Waals surface area contributed by atoms with Gasteiger partial charge >= 0.3 is 0 Å². The van der Waals surface area contributed by atoms with Crippen LogP contribution in [0.3, 0.4) is 0 Å². The van der Waals surface area contributed by atoms with Crippen molar-refractivity contribution >= 4 is 22.5 Å². The highest BCUT2D eigenvalue weighted by molar-refractivity contribution is 5.80. The number of aromatic nitrogens is 2. The van der Waals surface area contributed by atoms with Crippen LogP contribution in [-0.2, 0) is 17.8 Å². The molecule has 2 aromatic carbocycles. The molecule has 2 aliphatic heterocycles. The van der Waals surface area contributed by atoms with Crippen LogP contribution in [0.4, 0.5) is 5.69 Å². The fourth-order valence-corrected chi connectivity index (χ4v) is 4.40. The molecule has 3 aromatic rings. The average Bonchev–Trinajstić information content (AvgIpc) is 3.32. The summed E-state index contributed by atoms with van der Waals surface area (Å²) in [7, 11) is 1.65. The summed E-state index contributed by atoms with van der Waals surface area (Å²) in [4.78, 5) is 34.1. The third-order valence-corrected chi connectivity index (χ3v) is 6.22. The summed E-state index contributed by atoms with van der Waals surface area (Å²) in [5.74, 6) is 2.14. The SMILES string of the molecule is COc1ccc(N2CCN(C(=O)COc3ccc4nc5n(c(=O)c4c3)CCC5)CC2)cc1. The molecule has 5 rings (SSSR count). The van der Waals surface area contributed by atoms with Crippen molar-refractivity contribution in [3.8, 4) is 11.5 Å². The smallest absolute Gasteiger partial charge is 0.261 e. The van der Waals surface area contributed by atoms with Crippen molar-refractivity contribution in [2.75, 3.05) is 44.8 Å². The monoisotopic (exact) mass is 434 g/mol. The van der Waals surface area contributed by atoms with Crippen molar-refractivity contribution in [2.24, 2.45) is 0 Å². The van der Waals surface area contributed by atoms with Crippen molar-refractivity contribution in [3.63, 3.8) is 0 Å². The molecule has 0 atom stereocenters. The van der Waals surface area contributed by atoms with Gasteiger partial charge in [-0.3, -0.25) is 14.2 Å². The molecule has 0 unspecified atom stereocenters. The standard InChI is InChI=1S/C24H26N4O4/c1-31-18-6-4-17(5-7-18)26-11-13-27(14-12-26)23(29)16-32-19-8-9-21-20(15-19)24(30)28-10-2-3-22(28)25-21/h4-9,15H,2-3,10-14,16H2,1H3. The lowest BCUT2D eigenvalue weighted by Gasteiger charge is -2.36. The van der Waals surface area contributed by atoms with E-state index in [-0.39, 0.29) is 18.1 Å². The highest BCUT2D eigenvalue weighted by Gasteiger charge is 2.22. The van der Waals surface area contributed by atoms with E-state index in [9.17, 15) is 9.59 Å². The molecule has 0 aliphatic carbocycles. The molecule has 1 amide bonds. The van der Waals surface area contributed by atoms with Gasteiger partial charge in [0, 0.05) is 44.8 Å². The number of hydrogen-bond acceptors (Lipinski definition) is 6. The number of piperazine rings is 1. The quantitative estimate of drug-likeness (QED) is 0.612. The number of methoxy groups -OCH3 is 1. The maximum absolute atomic E-state index is 12.7. The van der Waals surface area contributed by atoms with E-state index >= 15 is 0 Å². The number of amides is 1. The van der Waals surface area contributed by atoms with Crippen molar-refractivity contribution in [1.82, 2.24) is 14.5 Å². The van der Waals surface area contributed by atoms with Crippen LogP contribution in [0, 0.1) is 0 Å². The minimum Gasteiger partial charge on any atom is -0.497 e. The first-order valence-electron chi connectivity index (χ1n) is 11.0. The van der Waals surface area contributed by atoms with Gasteiger partial charge in [0.05, 0.1) is 18.0 Å². The zero-order chi connectivity index (χ0) is 22.1. The number of carbonyl (C=O) groups excluding carboxylic acids is 1. The second kappa shape index (κ2) is 8.53. The number of aryl methyl sites for hydroxylation is 1. The van der Waals surface area contributed by atoms with Crippen molar-refractivity contribution < 1.29 is 14.3 Å². The minimum absolute atomic E-state index is 0.0334. The van der Waals surface area contributed by atoms with E-state index in [2.05, 4.69) is 9.88 Å². The summed E-state index contributed by atoms with van der Waals surface area (Å²) in [6.45, 7) is 3.48. The first-order valence-corrected chi connectivity index (χ1v) is 11.0. The third kappa shape index (κ3) is 3.88. The summed E-state index contributed by atoms with van der Waals surface area (Å²) < 4.78 is 12.7. The second-order valence-electron chi connectivity index (χ2n) is 8.12. The maximum Gasteiger partial charge on any atom is 0.261 e. The van der Waals surface area contributed by atoms with Crippen LogP contribution in [0.1, 0.15) is 12.2 Å². The van der Waals surface area contributed by atoms with Gasteiger partial charge in [0.25, 0.3) is 11.5 Å². The van der Waals surface area contributed by atoms with Gasteiger partial charge in [0.2, 0.25) is 0 Å². The Morgan fingerprint density at radius 3 is 2.50 bits per heavy atom. The molecule has 2 aliphatic rings. The Morgan fingerprint density at radius 1 is 1.00 bits per heavy atom. The van der Waals surface area contributed by atoms with Crippen molar-refractivity contribution in [2.45, 2.75) is 19.4 Å². The molecule has 0 spiro atoms. The number of hydrogen-bond donors (Lipinski definition) is 0. The van der Waals surface area contributed by atoms with Crippen LogP contribution in [0.15, 0.2) is 47.3 Å². The fraction of sp³-hybridized carbons (Fsp3) is 0.375. The molecule has 1 aromatic heterocycles. The highest BCUT2D eigenvalue weighted by Crippen LogP contribution is 2.22. The predicted molar refractivity (Wildman–Crippen MR) is 122 cm³/mol. The number of rotatable bonds is 5. The Morgan fingerprint density at radius 2 is 1.75 bits per heavy atom. The molecule has 166 valence electrons. The van der Waals surface area contributed by atoms with Gasteiger partial charge in [0.1, 0.15) is 17.3 Å². The first kappa shape index (κ1) is 20.4. The summed E-state index contributed by atoms with van der Waals surface area (Å²) in [6.07, 6.45) is 1.78. The van der Waals surface area contributed by atoms with Crippen molar-refractivity contribution in [1.29, 1.82) is 0 Å². The van der Waals surface area contributed by atoms with E-state index in [0.717, 1.165) is 43.2 Å². The number of anilines is 1. The Bertz CT molecular complexity index is 1200. The van der Waals surface area contributed by atoms with E-state index in [0.29, 0.717) is 36.3 Å². The Kier molecular flexibility index (Phi) is 5.43. The van der Waals surface area contributed by atoms with E-state index < -0.39 is 0 Å². The lowest BCUT2D eigenvalue weighted by Crippen LogP contribution is -2.50. The maximum atomic E-state index is 12.7. The number of benzene rings is 2. The number of fused-ring (bicyclic) bond motifs is 2. The van der Waals surface area contributed by atoms with Crippen LogP contribution in [0.5, 0.6) is 11.5 Å². The van der Waals surface area contributed by atoms with Crippen LogP contribution in [0.2, 0.25) is 0 Å². The van der Waals surface area contributed by atoms with E-state index in [1.165, 1.54) is 0 Å². The predicted octanol–water partition coefficient (Wildman–Crippen LogP) is 2.08. The van der Waals surface area contributed by atoms with Crippen LogP contribution < -0.4 is 19.9 Å². The molecular weight excluding hydrogens is 408 g/mol. The lowest BCUT2D eigenvalue weighted by atomic mass is 10.2. The van der Waals surface area contributed by atoms with Crippen LogP contribution in [-0.4, -0.2) is 60.3 Å². The topological polar surface area (TPSA) is 76.9 Å². The largest absolute Gasteiger partial charge is 0.497 e. The average molecular weight is 434 g/mol. The van der Waals surface area contributed by atoms with Crippen molar-refractivity contribution in [3.05, 3.63) is 58.6 Å².